The average Bonchev–Trinajstić information content (AvgIpc) is 2.99. The molecule has 3 rings (SSSR count). The number of aromatic amines is 1. The molecular weight excluding hydrogens is 365 g/mol. The molecule has 1 aromatic carbocycles. The molecule has 0 spiro atoms. The highest BCUT2D eigenvalue weighted by Crippen LogP contribution is 2.47. The van der Waals surface area contributed by atoms with Gasteiger partial charge >= 0.3 is 0 Å². The van der Waals surface area contributed by atoms with Crippen LogP contribution >= 0.6 is 11.5 Å². The number of anilines is 2. The smallest absolute Gasteiger partial charge is 0.268 e. The number of nitrogens with zero attached hydrogens (tertiary/aromatic N) is 1. The van der Waals surface area contributed by atoms with E-state index < -0.39 is 29.1 Å². The van der Waals surface area contributed by atoms with Crippen LogP contribution in [0.25, 0.3) is 5.57 Å². The van der Waals surface area contributed by atoms with Crippen LogP contribution in [0.3, 0.4) is 0 Å². The van der Waals surface area contributed by atoms with E-state index in [4.69, 9.17) is 4.74 Å². The van der Waals surface area contributed by atoms with Crippen LogP contribution in [0.5, 0.6) is 0 Å². The first-order chi connectivity index (χ1) is 12.4. The van der Waals surface area contributed by atoms with Gasteiger partial charge in [0, 0.05) is 12.2 Å². The minimum absolute atomic E-state index is 0.0678. The fraction of sp³-hybridized carbons (Fsp3) is 0.389. The van der Waals surface area contributed by atoms with Crippen LogP contribution in [-0.4, -0.2) is 23.6 Å². The highest BCUT2D eigenvalue weighted by Gasteiger charge is 2.36. The summed E-state index contributed by atoms with van der Waals surface area (Å²) in [5.74, 6) is -4.16. The Morgan fingerprint density at radius 3 is 2.77 bits per heavy atom. The van der Waals surface area contributed by atoms with Crippen LogP contribution < -0.4 is 10.5 Å². The van der Waals surface area contributed by atoms with Gasteiger partial charge in [-0.15, -0.1) is 0 Å². The molecule has 26 heavy (non-hydrogen) atoms. The first kappa shape index (κ1) is 18.7. The summed E-state index contributed by atoms with van der Waals surface area (Å²) < 4.78 is 50.5. The number of nitrogens with one attached hydrogen (secondary N) is 1. The lowest BCUT2D eigenvalue weighted by Gasteiger charge is -2.36. The number of benzene rings is 1. The van der Waals surface area contributed by atoms with Crippen molar-refractivity contribution >= 4 is 27.8 Å². The normalized spacial score (nSPS) is 14.3. The molecule has 2 aromatic rings. The fourth-order valence-electron chi connectivity index (χ4n) is 3.01. The molecule has 0 unspecified atom stereocenters. The molecular formula is C18H19F3N2O2S. The summed E-state index contributed by atoms with van der Waals surface area (Å²) in [4.78, 5) is 13.7. The monoisotopic (exact) mass is 384 g/mol. The Labute approximate surface area is 153 Å². The molecule has 0 amide bonds. The van der Waals surface area contributed by atoms with Crippen molar-refractivity contribution in [3.8, 4) is 0 Å². The molecule has 0 bridgehead atoms. The summed E-state index contributed by atoms with van der Waals surface area (Å²) in [5.41, 5.74) is -0.0321. The molecule has 0 fully saturated rings. The van der Waals surface area contributed by atoms with Gasteiger partial charge in [0.1, 0.15) is 5.00 Å². The van der Waals surface area contributed by atoms with Gasteiger partial charge in [-0.1, -0.05) is 19.9 Å². The maximum atomic E-state index is 14.6. The van der Waals surface area contributed by atoms with E-state index in [1.165, 1.54) is 4.90 Å². The Balaban J connectivity index is 2.10. The number of H-pyrrole nitrogens is 1. The van der Waals surface area contributed by atoms with E-state index in [0.717, 1.165) is 30.4 Å². The second kappa shape index (κ2) is 7.28. The van der Waals surface area contributed by atoms with Crippen molar-refractivity contribution in [3.05, 3.63) is 51.6 Å². The Morgan fingerprint density at radius 2 is 2.08 bits per heavy atom. The highest BCUT2D eigenvalue weighted by atomic mass is 32.1. The zero-order chi connectivity index (χ0) is 19.0. The van der Waals surface area contributed by atoms with E-state index >= 15 is 0 Å². The second-order valence-electron chi connectivity index (χ2n) is 6.22. The van der Waals surface area contributed by atoms with E-state index in [2.05, 4.69) is 11.0 Å². The summed E-state index contributed by atoms with van der Waals surface area (Å²) in [6.07, 6.45) is 1.86. The molecule has 0 radical (unpaired) electrons. The molecule has 0 aliphatic carbocycles. The first-order valence-corrected chi connectivity index (χ1v) is 9.15. The lowest BCUT2D eigenvalue weighted by atomic mass is 9.93. The lowest BCUT2D eigenvalue weighted by Crippen LogP contribution is -2.36. The Hall–Kier alpha value is -2.06. The van der Waals surface area contributed by atoms with Gasteiger partial charge in [-0.05, 0) is 36.5 Å². The van der Waals surface area contributed by atoms with E-state index in [1.807, 2.05) is 6.92 Å². The number of ether oxygens (including phenoxy) is 1. The average molecular weight is 384 g/mol. The van der Waals surface area contributed by atoms with Gasteiger partial charge in [-0.3, -0.25) is 9.17 Å². The van der Waals surface area contributed by atoms with Gasteiger partial charge in [0.2, 0.25) is 0 Å². The molecule has 0 saturated heterocycles. The zero-order valence-corrected chi connectivity index (χ0v) is 15.3. The third-order valence-corrected chi connectivity index (χ3v) is 5.23. The van der Waals surface area contributed by atoms with E-state index in [1.54, 1.807) is 6.92 Å². The predicted octanol–water partition coefficient (Wildman–Crippen LogP) is 4.57. The van der Waals surface area contributed by atoms with Gasteiger partial charge < -0.3 is 9.64 Å². The summed E-state index contributed by atoms with van der Waals surface area (Å²) in [5, 5.41) is 0.420. The number of rotatable bonds is 6. The number of fused-ring (bicyclic) bond motifs is 2. The number of aromatic nitrogens is 1. The van der Waals surface area contributed by atoms with Crippen LogP contribution in [-0.2, 0) is 4.74 Å². The number of unbranched alkanes of at least 4 members (excludes halogenated alkanes) is 1. The van der Waals surface area contributed by atoms with Gasteiger partial charge in [0.05, 0.1) is 23.9 Å². The van der Waals surface area contributed by atoms with E-state index in [0.29, 0.717) is 11.6 Å². The minimum atomic E-state index is -1.55. The molecule has 0 saturated carbocycles. The minimum Gasteiger partial charge on any atom is -0.379 e. The third kappa shape index (κ3) is 2.97. The Kier molecular flexibility index (Phi) is 5.24. The van der Waals surface area contributed by atoms with Crippen LogP contribution in [0.15, 0.2) is 17.4 Å². The molecule has 1 aliphatic heterocycles. The summed E-state index contributed by atoms with van der Waals surface area (Å²) >= 11 is 1.01. The third-order valence-electron chi connectivity index (χ3n) is 4.35. The predicted molar refractivity (Wildman–Crippen MR) is 96.7 cm³/mol. The van der Waals surface area contributed by atoms with Gasteiger partial charge in [-0.2, -0.15) is 0 Å². The Bertz CT molecular complexity index is 907. The largest absolute Gasteiger partial charge is 0.379 e. The van der Waals surface area contributed by atoms with Crippen molar-refractivity contribution in [1.82, 2.24) is 4.37 Å². The quantitative estimate of drug-likeness (QED) is 0.586. The topological polar surface area (TPSA) is 45.3 Å². The summed E-state index contributed by atoms with van der Waals surface area (Å²) in [6.45, 7) is 8.40. The first-order valence-electron chi connectivity index (χ1n) is 8.34. The molecule has 4 nitrogen and oxygen atoms in total. The summed E-state index contributed by atoms with van der Waals surface area (Å²) in [6, 6.07) is 0.483. The van der Waals surface area contributed by atoms with E-state index in [9.17, 15) is 18.0 Å². The Morgan fingerprint density at radius 1 is 1.35 bits per heavy atom. The van der Waals surface area contributed by atoms with Crippen LogP contribution in [0.1, 0.15) is 37.8 Å². The maximum absolute atomic E-state index is 14.6. The van der Waals surface area contributed by atoms with Gasteiger partial charge in [-0.25, -0.2) is 13.2 Å². The van der Waals surface area contributed by atoms with Gasteiger partial charge in [0.25, 0.3) is 5.56 Å². The van der Waals surface area contributed by atoms with Crippen molar-refractivity contribution in [3.63, 3.8) is 0 Å². The van der Waals surface area contributed by atoms with Crippen LogP contribution in [0.2, 0.25) is 0 Å². The molecule has 1 N–H and O–H groups in total. The van der Waals surface area contributed by atoms with Crippen molar-refractivity contribution in [2.45, 2.75) is 32.7 Å². The molecule has 1 aliphatic rings. The summed E-state index contributed by atoms with van der Waals surface area (Å²) in [7, 11) is 0. The SMILES string of the molecule is C=C1c2cc(F)c(F)c(F)c2N([C@@H](C)COCCCC)c2s[nH]c(=O)c21. The van der Waals surface area contributed by atoms with Crippen molar-refractivity contribution < 1.29 is 17.9 Å². The zero-order valence-electron chi connectivity index (χ0n) is 14.5. The molecule has 1 aromatic heterocycles. The fourth-order valence-corrected chi connectivity index (χ4v) is 3.99. The maximum Gasteiger partial charge on any atom is 0.268 e. The standard InChI is InChI=1S/C18H19F3N2O2S/c1-4-5-6-25-8-9(2)23-16-11(7-12(19)14(20)15(16)21)10(3)13-17(24)22-26-18(13)23/h7,9H,3-6,8H2,1-2H3,(H,22,24)/t9-/m0/s1. The van der Waals surface area contributed by atoms with Crippen LogP contribution in [0.4, 0.5) is 23.9 Å². The van der Waals surface area contributed by atoms with Crippen molar-refractivity contribution in [1.29, 1.82) is 0 Å². The van der Waals surface area contributed by atoms with Crippen molar-refractivity contribution in [2.24, 2.45) is 0 Å². The molecule has 8 heteroatoms. The number of hydrogen-bond acceptors (Lipinski definition) is 4. The van der Waals surface area contributed by atoms with Gasteiger partial charge in [0.15, 0.2) is 17.5 Å². The van der Waals surface area contributed by atoms with E-state index in [-0.39, 0.29) is 29.0 Å². The molecule has 1 atom stereocenters. The lowest BCUT2D eigenvalue weighted by molar-refractivity contribution is 0.121. The van der Waals surface area contributed by atoms with Crippen LogP contribution in [0, 0.1) is 17.5 Å². The molecule has 2 heterocycles. The molecule has 140 valence electrons. The number of hydrogen-bond donors (Lipinski definition) is 1. The number of halogens is 3. The second-order valence-corrected chi connectivity index (χ2v) is 7.02. The highest BCUT2D eigenvalue weighted by molar-refractivity contribution is 7.10. The van der Waals surface area contributed by atoms with Crippen molar-refractivity contribution in [2.75, 3.05) is 18.1 Å².